The van der Waals surface area contributed by atoms with Crippen LogP contribution >= 0.6 is 25.3 Å². The third kappa shape index (κ3) is 10.2. The van der Waals surface area contributed by atoms with E-state index in [9.17, 15) is 10.1 Å². The van der Waals surface area contributed by atoms with Crippen molar-refractivity contribution in [2.45, 2.75) is 4.58 Å². The quantitative estimate of drug-likeness (QED) is 0.195. The molecular weight excluding hydrogens is 157 g/mol. The average Bonchev–Trinajstić information content (AvgIpc) is 1.27. The Kier molecular flexibility index (Phi) is 9.21. The number of rotatable bonds is 2. The zero-order chi connectivity index (χ0) is 5.86. The standard InChI is InChI=1S/C2H5NO2S2.Na.H/c4-3(5)1-2(6)7;;/h2,6-7H,1H2;;. The Hall–Kier alpha value is 1.10. The number of nitro groups is 1. The van der Waals surface area contributed by atoms with Crippen molar-refractivity contribution in [2.75, 3.05) is 6.54 Å². The van der Waals surface area contributed by atoms with Gasteiger partial charge < -0.3 is 0 Å². The maximum absolute atomic E-state index is 9.52. The second-order valence-electron chi connectivity index (χ2n) is 0.996. The fourth-order valence-electron chi connectivity index (χ4n) is 0.133. The van der Waals surface area contributed by atoms with Crippen LogP contribution in [0.5, 0.6) is 0 Å². The molecule has 0 spiro atoms. The molecule has 0 aliphatic heterocycles. The van der Waals surface area contributed by atoms with Gasteiger partial charge >= 0.3 is 29.6 Å². The molecule has 3 nitrogen and oxygen atoms in total. The van der Waals surface area contributed by atoms with Crippen LogP contribution in [0, 0.1) is 10.1 Å². The van der Waals surface area contributed by atoms with Crippen LogP contribution in [0.3, 0.4) is 0 Å². The van der Waals surface area contributed by atoms with Crippen LogP contribution in [0.15, 0.2) is 0 Å². The van der Waals surface area contributed by atoms with Gasteiger partial charge in [0.1, 0.15) is 4.58 Å². The Morgan fingerprint density at radius 2 is 2.00 bits per heavy atom. The monoisotopic (exact) mass is 163 g/mol. The molecule has 0 aliphatic carbocycles. The molecule has 0 bridgehead atoms. The summed E-state index contributed by atoms with van der Waals surface area (Å²) in [5, 5.41) is 9.52. The van der Waals surface area contributed by atoms with Gasteiger partial charge in [0.15, 0.2) is 0 Å². The fourth-order valence-corrected chi connectivity index (χ4v) is 0.400. The molecule has 44 valence electrons. The van der Waals surface area contributed by atoms with Crippen molar-refractivity contribution >= 4 is 54.8 Å². The van der Waals surface area contributed by atoms with Gasteiger partial charge in [0, 0.05) is 4.92 Å². The Balaban J connectivity index is 0. The first kappa shape index (κ1) is 11.8. The molecule has 0 aromatic rings. The first-order chi connectivity index (χ1) is 3.13. The van der Waals surface area contributed by atoms with E-state index < -0.39 is 9.51 Å². The first-order valence-electron chi connectivity index (χ1n) is 1.61. The van der Waals surface area contributed by atoms with E-state index in [-0.39, 0.29) is 36.1 Å². The third-order valence-electron chi connectivity index (χ3n) is 0.312. The molecule has 0 unspecified atom stereocenters. The van der Waals surface area contributed by atoms with Crippen LogP contribution in [-0.2, 0) is 0 Å². The Morgan fingerprint density at radius 1 is 1.62 bits per heavy atom. The van der Waals surface area contributed by atoms with Crippen molar-refractivity contribution in [2.24, 2.45) is 0 Å². The van der Waals surface area contributed by atoms with E-state index >= 15 is 0 Å². The van der Waals surface area contributed by atoms with Gasteiger partial charge in [0.05, 0.1) is 0 Å². The van der Waals surface area contributed by atoms with E-state index in [2.05, 4.69) is 25.3 Å². The molecule has 0 fully saturated rings. The topological polar surface area (TPSA) is 43.1 Å². The van der Waals surface area contributed by atoms with Crippen molar-refractivity contribution in [3.05, 3.63) is 10.1 Å². The molecule has 0 radical (unpaired) electrons. The van der Waals surface area contributed by atoms with E-state index in [0.717, 1.165) is 0 Å². The SMILES string of the molecule is O=[N+]([O-])CC(S)S.[NaH]. The van der Waals surface area contributed by atoms with Crippen molar-refractivity contribution in [3.8, 4) is 0 Å². The zero-order valence-corrected chi connectivity index (χ0v) is 5.23. The molecule has 0 N–H and O–H groups in total. The molecule has 0 amide bonds. The molecular formula is C2H6NNaO2S2. The minimum absolute atomic E-state index is 0. The van der Waals surface area contributed by atoms with Gasteiger partial charge in [-0.3, -0.25) is 10.1 Å². The van der Waals surface area contributed by atoms with E-state index in [1.165, 1.54) is 0 Å². The number of thiol groups is 2. The molecule has 0 heterocycles. The van der Waals surface area contributed by atoms with E-state index in [4.69, 9.17) is 0 Å². The first-order valence-corrected chi connectivity index (χ1v) is 2.64. The summed E-state index contributed by atoms with van der Waals surface area (Å²) in [5.74, 6) is 0. The third-order valence-corrected chi connectivity index (χ3v) is 0.639. The Labute approximate surface area is 80.5 Å². The summed E-state index contributed by atoms with van der Waals surface area (Å²) in [6.45, 7) is -0.188. The molecule has 0 aromatic carbocycles. The van der Waals surface area contributed by atoms with Gasteiger partial charge in [-0.15, -0.1) is 0 Å². The van der Waals surface area contributed by atoms with Gasteiger partial charge in [-0.2, -0.15) is 25.3 Å². The fraction of sp³-hybridized carbons (Fsp3) is 1.00. The normalized spacial score (nSPS) is 8.38. The molecule has 8 heavy (non-hydrogen) atoms. The molecule has 0 saturated carbocycles. The van der Waals surface area contributed by atoms with Crippen LogP contribution in [0.25, 0.3) is 0 Å². The predicted octanol–water partition coefficient (Wildman–Crippen LogP) is -0.200. The van der Waals surface area contributed by atoms with Crippen molar-refractivity contribution in [1.29, 1.82) is 0 Å². The molecule has 6 heteroatoms. The molecule has 0 aliphatic rings. The van der Waals surface area contributed by atoms with Crippen molar-refractivity contribution < 1.29 is 4.92 Å². The summed E-state index contributed by atoms with van der Waals surface area (Å²) in [4.78, 5) is 9.06. The summed E-state index contributed by atoms with van der Waals surface area (Å²) in [5.41, 5.74) is 0. The minimum atomic E-state index is -0.454. The van der Waals surface area contributed by atoms with Gasteiger partial charge in [-0.1, -0.05) is 0 Å². The van der Waals surface area contributed by atoms with Crippen LogP contribution in [0.4, 0.5) is 0 Å². The summed E-state index contributed by atoms with van der Waals surface area (Å²) >= 11 is 7.32. The summed E-state index contributed by atoms with van der Waals surface area (Å²) in [6.07, 6.45) is 0. The predicted molar refractivity (Wildman–Crippen MR) is 40.8 cm³/mol. The van der Waals surface area contributed by atoms with Gasteiger partial charge in [-0.25, -0.2) is 0 Å². The maximum atomic E-state index is 9.52. The summed E-state index contributed by atoms with van der Waals surface area (Å²) < 4.78 is -0.435. The zero-order valence-electron chi connectivity index (χ0n) is 3.44. The van der Waals surface area contributed by atoms with Crippen LogP contribution in [0.1, 0.15) is 0 Å². The van der Waals surface area contributed by atoms with Crippen LogP contribution in [0.2, 0.25) is 0 Å². The van der Waals surface area contributed by atoms with Gasteiger partial charge in [0.2, 0.25) is 6.54 Å². The Morgan fingerprint density at radius 3 is 2.00 bits per heavy atom. The van der Waals surface area contributed by atoms with E-state index in [1.54, 1.807) is 0 Å². The molecule has 0 rings (SSSR count). The van der Waals surface area contributed by atoms with Gasteiger partial charge in [-0.05, 0) is 0 Å². The number of hydrogen-bond donors (Lipinski definition) is 2. The average molecular weight is 163 g/mol. The number of nitrogens with zero attached hydrogens (tertiary/aromatic N) is 1. The summed E-state index contributed by atoms with van der Waals surface area (Å²) in [6, 6.07) is 0. The van der Waals surface area contributed by atoms with Crippen molar-refractivity contribution in [3.63, 3.8) is 0 Å². The summed E-state index contributed by atoms with van der Waals surface area (Å²) in [7, 11) is 0. The van der Waals surface area contributed by atoms with Gasteiger partial charge in [0.25, 0.3) is 0 Å². The van der Waals surface area contributed by atoms with E-state index in [1.807, 2.05) is 0 Å². The Bertz CT molecular complexity index is 78.4. The molecule has 0 atom stereocenters. The molecule has 0 saturated heterocycles. The van der Waals surface area contributed by atoms with Crippen LogP contribution in [-0.4, -0.2) is 45.6 Å². The van der Waals surface area contributed by atoms with Crippen LogP contribution < -0.4 is 0 Å². The number of hydrogen-bond acceptors (Lipinski definition) is 4. The second-order valence-corrected chi connectivity index (χ2v) is 2.65. The van der Waals surface area contributed by atoms with Crippen molar-refractivity contribution in [1.82, 2.24) is 0 Å². The second kappa shape index (κ2) is 6.22. The van der Waals surface area contributed by atoms with E-state index in [0.29, 0.717) is 0 Å². The molecule has 0 aromatic heterocycles.